The molecule has 2 aromatic rings. The second-order valence-corrected chi connectivity index (χ2v) is 3.64. The molecule has 0 spiro atoms. The summed E-state index contributed by atoms with van der Waals surface area (Å²) in [6, 6.07) is 6.82. The van der Waals surface area contributed by atoms with Gasteiger partial charge >= 0.3 is 0 Å². The quantitative estimate of drug-likeness (QED) is 0.797. The predicted octanol–water partition coefficient (Wildman–Crippen LogP) is 3.46. The monoisotopic (exact) mass is 268 g/mol. The maximum Gasteiger partial charge on any atom is 0.260 e. The predicted molar refractivity (Wildman–Crippen MR) is 64.7 cm³/mol. The SMILES string of the molecule is CCOc1cccc(Oc2nc(Cl)ncc2F)c1. The smallest absolute Gasteiger partial charge is 0.260 e. The van der Waals surface area contributed by atoms with Gasteiger partial charge in [0.25, 0.3) is 5.88 Å². The second kappa shape index (κ2) is 5.64. The third-order valence-corrected chi connectivity index (χ3v) is 2.20. The molecular weight excluding hydrogens is 259 g/mol. The Kier molecular flexibility index (Phi) is 3.94. The van der Waals surface area contributed by atoms with Crippen molar-refractivity contribution in [2.75, 3.05) is 6.61 Å². The van der Waals surface area contributed by atoms with Crippen molar-refractivity contribution >= 4 is 11.6 Å². The molecule has 94 valence electrons. The van der Waals surface area contributed by atoms with Gasteiger partial charge in [0, 0.05) is 6.07 Å². The van der Waals surface area contributed by atoms with Crippen LogP contribution in [-0.2, 0) is 0 Å². The number of nitrogens with zero attached hydrogens (tertiary/aromatic N) is 2. The molecule has 18 heavy (non-hydrogen) atoms. The number of hydrogen-bond donors (Lipinski definition) is 0. The first-order valence-corrected chi connectivity index (χ1v) is 5.65. The highest BCUT2D eigenvalue weighted by Gasteiger charge is 2.09. The van der Waals surface area contributed by atoms with Gasteiger partial charge in [-0.1, -0.05) is 6.07 Å². The van der Waals surface area contributed by atoms with E-state index in [0.29, 0.717) is 18.1 Å². The molecule has 0 fully saturated rings. The van der Waals surface area contributed by atoms with Crippen LogP contribution in [0.5, 0.6) is 17.4 Å². The van der Waals surface area contributed by atoms with Crippen LogP contribution in [-0.4, -0.2) is 16.6 Å². The zero-order chi connectivity index (χ0) is 13.0. The van der Waals surface area contributed by atoms with E-state index in [1.165, 1.54) is 0 Å². The standard InChI is InChI=1S/C12H10ClFN2O2/c1-2-17-8-4-3-5-9(6-8)18-11-10(14)7-15-12(13)16-11/h3-7H,2H2,1H3. The van der Waals surface area contributed by atoms with Crippen molar-refractivity contribution in [2.45, 2.75) is 6.92 Å². The van der Waals surface area contributed by atoms with Crippen LogP contribution >= 0.6 is 11.6 Å². The molecule has 0 radical (unpaired) electrons. The minimum absolute atomic E-state index is 0.0765. The van der Waals surface area contributed by atoms with E-state index in [2.05, 4.69) is 9.97 Å². The zero-order valence-corrected chi connectivity index (χ0v) is 10.3. The summed E-state index contributed by atoms with van der Waals surface area (Å²) in [7, 11) is 0. The van der Waals surface area contributed by atoms with Crippen LogP contribution < -0.4 is 9.47 Å². The summed E-state index contributed by atoms with van der Waals surface area (Å²) in [6.07, 6.45) is 0.955. The van der Waals surface area contributed by atoms with E-state index in [1.807, 2.05) is 6.92 Å². The Labute approximate surface area is 108 Å². The van der Waals surface area contributed by atoms with E-state index < -0.39 is 5.82 Å². The van der Waals surface area contributed by atoms with E-state index >= 15 is 0 Å². The van der Waals surface area contributed by atoms with E-state index in [9.17, 15) is 4.39 Å². The highest BCUT2D eigenvalue weighted by atomic mass is 35.5. The minimum Gasteiger partial charge on any atom is -0.494 e. The molecule has 0 aliphatic carbocycles. The summed E-state index contributed by atoms with van der Waals surface area (Å²) in [6.45, 7) is 2.41. The molecule has 2 rings (SSSR count). The average molecular weight is 269 g/mol. The maximum absolute atomic E-state index is 13.4. The normalized spacial score (nSPS) is 10.2. The average Bonchev–Trinajstić information content (AvgIpc) is 2.35. The molecular formula is C12H10ClFN2O2. The molecule has 0 aliphatic heterocycles. The van der Waals surface area contributed by atoms with Crippen molar-refractivity contribution < 1.29 is 13.9 Å². The van der Waals surface area contributed by atoms with Crippen molar-refractivity contribution in [1.29, 1.82) is 0 Å². The van der Waals surface area contributed by atoms with E-state index in [4.69, 9.17) is 21.1 Å². The molecule has 0 saturated heterocycles. The van der Waals surface area contributed by atoms with Crippen LogP contribution in [0.1, 0.15) is 6.92 Å². The fourth-order valence-electron chi connectivity index (χ4n) is 1.31. The Morgan fingerprint density at radius 1 is 1.33 bits per heavy atom. The first-order valence-electron chi connectivity index (χ1n) is 5.28. The minimum atomic E-state index is -0.679. The van der Waals surface area contributed by atoms with Gasteiger partial charge in [0.15, 0.2) is 0 Å². The molecule has 4 nitrogen and oxygen atoms in total. The summed E-state index contributed by atoms with van der Waals surface area (Å²) in [5.74, 6) is 0.148. The maximum atomic E-state index is 13.4. The highest BCUT2D eigenvalue weighted by Crippen LogP contribution is 2.26. The van der Waals surface area contributed by atoms with Gasteiger partial charge in [-0.3, -0.25) is 0 Å². The van der Waals surface area contributed by atoms with E-state index in [1.54, 1.807) is 24.3 Å². The Bertz CT molecular complexity index is 551. The molecule has 1 aromatic heterocycles. The fraction of sp³-hybridized carbons (Fsp3) is 0.167. The molecule has 0 N–H and O–H groups in total. The lowest BCUT2D eigenvalue weighted by molar-refractivity contribution is 0.337. The van der Waals surface area contributed by atoms with Gasteiger partial charge in [0.1, 0.15) is 11.5 Å². The van der Waals surface area contributed by atoms with Crippen LogP contribution in [0.4, 0.5) is 4.39 Å². The van der Waals surface area contributed by atoms with Crippen molar-refractivity contribution in [1.82, 2.24) is 9.97 Å². The number of hydrogen-bond acceptors (Lipinski definition) is 4. The number of aromatic nitrogens is 2. The van der Waals surface area contributed by atoms with Crippen LogP contribution in [0.3, 0.4) is 0 Å². The number of benzene rings is 1. The van der Waals surface area contributed by atoms with Gasteiger partial charge in [0.2, 0.25) is 11.1 Å². The molecule has 6 heteroatoms. The fourth-order valence-corrected chi connectivity index (χ4v) is 1.43. The summed E-state index contributed by atoms with van der Waals surface area (Å²) >= 11 is 5.57. The van der Waals surface area contributed by atoms with E-state index in [0.717, 1.165) is 6.20 Å². The summed E-state index contributed by atoms with van der Waals surface area (Å²) < 4.78 is 24.0. The molecule has 1 aromatic carbocycles. The zero-order valence-electron chi connectivity index (χ0n) is 9.56. The van der Waals surface area contributed by atoms with Gasteiger partial charge in [-0.15, -0.1) is 0 Å². The van der Waals surface area contributed by atoms with Crippen LogP contribution in [0.2, 0.25) is 5.28 Å². The van der Waals surface area contributed by atoms with Crippen LogP contribution in [0, 0.1) is 5.82 Å². The lowest BCUT2D eigenvalue weighted by atomic mass is 10.3. The Morgan fingerprint density at radius 2 is 2.11 bits per heavy atom. The second-order valence-electron chi connectivity index (χ2n) is 3.30. The first-order chi connectivity index (χ1) is 8.69. The number of rotatable bonds is 4. The Morgan fingerprint density at radius 3 is 2.89 bits per heavy atom. The van der Waals surface area contributed by atoms with E-state index in [-0.39, 0.29) is 11.2 Å². The van der Waals surface area contributed by atoms with Crippen LogP contribution in [0.25, 0.3) is 0 Å². The summed E-state index contributed by atoms with van der Waals surface area (Å²) in [4.78, 5) is 7.16. The third kappa shape index (κ3) is 3.07. The van der Waals surface area contributed by atoms with Gasteiger partial charge in [-0.2, -0.15) is 9.37 Å². The van der Waals surface area contributed by atoms with Crippen molar-refractivity contribution in [3.8, 4) is 17.4 Å². The molecule has 0 aliphatic rings. The van der Waals surface area contributed by atoms with Gasteiger partial charge in [0.05, 0.1) is 12.8 Å². The largest absolute Gasteiger partial charge is 0.494 e. The summed E-state index contributed by atoms with van der Waals surface area (Å²) in [5.41, 5.74) is 0. The number of halogens is 2. The molecule has 0 amide bonds. The van der Waals surface area contributed by atoms with Gasteiger partial charge in [-0.05, 0) is 30.7 Å². The molecule has 1 heterocycles. The first kappa shape index (κ1) is 12.6. The lowest BCUT2D eigenvalue weighted by Gasteiger charge is -2.07. The summed E-state index contributed by atoms with van der Waals surface area (Å²) in [5, 5.41) is -0.0765. The molecule has 0 unspecified atom stereocenters. The third-order valence-electron chi connectivity index (χ3n) is 2.01. The van der Waals surface area contributed by atoms with Crippen LogP contribution in [0.15, 0.2) is 30.5 Å². The molecule has 0 saturated carbocycles. The Hall–Kier alpha value is -1.88. The molecule has 0 atom stereocenters. The van der Waals surface area contributed by atoms with Crippen molar-refractivity contribution in [3.63, 3.8) is 0 Å². The Balaban J connectivity index is 2.22. The lowest BCUT2D eigenvalue weighted by Crippen LogP contribution is -1.95. The topological polar surface area (TPSA) is 44.2 Å². The highest BCUT2D eigenvalue weighted by molar-refractivity contribution is 6.28. The van der Waals surface area contributed by atoms with Gasteiger partial charge in [-0.25, -0.2) is 4.98 Å². The van der Waals surface area contributed by atoms with Crippen molar-refractivity contribution in [2.24, 2.45) is 0 Å². The number of ether oxygens (including phenoxy) is 2. The molecule has 0 bridgehead atoms. The van der Waals surface area contributed by atoms with Gasteiger partial charge < -0.3 is 9.47 Å². The van der Waals surface area contributed by atoms with Crippen molar-refractivity contribution in [3.05, 3.63) is 41.6 Å².